The standard InChI is InChI=1S/C27H29NO3/c1-15(29)28-17-10-8-16(9-11-17)24-19-14-21(27(5,6)7)23(30)18-12-13-20(26(2,3)4)25(31-24)22(18)19/h8-14H,1-7H3,(H,28,29). The first-order chi connectivity index (χ1) is 14.4. The number of allylic oxidation sites excluding steroid dienone is 1. The molecule has 1 amide bonds. The van der Waals surface area contributed by atoms with Crippen LogP contribution in [0.2, 0.25) is 0 Å². The smallest absolute Gasteiger partial charge is 0.221 e. The molecule has 0 fully saturated rings. The molecule has 2 aromatic carbocycles. The average Bonchev–Trinajstić information content (AvgIpc) is 3.02. The van der Waals surface area contributed by atoms with E-state index in [4.69, 9.17) is 4.42 Å². The van der Waals surface area contributed by atoms with Gasteiger partial charge in [-0.15, -0.1) is 0 Å². The number of anilines is 1. The van der Waals surface area contributed by atoms with Crippen LogP contribution in [0.3, 0.4) is 0 Å². The summed E-state index contributed by atoms with van der Waals surface area (Å²) in [6.45, 7) is 14.1. The molecule has 1 aliphatic rings. The minimum atomic E-state index is -0.284. The van der Waals surface area contributed by atoms with Gasteiger partial charge in [-0.1, -0.05) is 47.6 Å². The van der Waals surface area contributed by atoms with Gasteiger partial charge in [0.15, 0.2) is 5.78 Å². The molecule has 4 heteroatoms. The van der Waals surface area contributed by atoms with Crippen molar-refractivity contribution in [3.8, 4) is 11.3 Å². The summed E-state index contributed by atoms with van der Waals surface area (Å²) in [6.07, 6.45) is 2.00. The first-order valence-electron chi connectivity index (χ1n) is 10.6. The largest absolute Gasteiger partial charge is 0.455 e. The number of benzene rings is 2. The highest BCUT2D eigenvalue weighted by molar-refractivity contribution is 6.24. The highest BCUT2D eigenvalue weighted by atomic mass is 16.3. The third kappa shape index (κ3) is 3.60. The Labute approximate surface area is 183 Å². The number of ketones is 1. The first-order valence-corrected chi connectivity index (χ1v) is 10.6. The molecule has 1 N–H and O–H groups in total. The lowest BCUT2D eigenvalue weighted by Crippen LogP contribution is -2.21. The van der Waals surface area contributed by atoms with Gasteiger partial charge < -0.3 is 9.73 Å². The zero-order chi connectivity index (χ0) is 22.7. The molecule has 4 rings (SSSR count). The second-order valence-corrected chi connectivity index (χ2v) is 10.4. The van der Waals surface area contributed by atoms with Crippen molar-refractivity contribution in [3.05, 3.63) is 58.7 Å². The molecule has 31 heavy (non-hydrogen) atoms. The van der Waals surface area contributed by atoms with Crippen LogP contribution >= 0.6 is 0 Å². The van der Waals surface area contributed by atoms with Crippen LogP contribution in [0.4, 0.5) is 5.69 Å². The van der Waals surface area contributed by atoms with Gasteiger partial charge in [0.05, 0.1) is 0 Å². The van der Waals surface area contributed by atoms with E-state index in [1.54, 1.807) is 0 Å². The predicted octanol–water partition coefficient (Wildman–Crippen LogP) is 6.98. The summed E-state index contributed by atoms with van der Waals surface area (Å²) >= 11 is 0. The summed E-state index contributed by atoms with van der Waals surface area (Å²) in [6, 6.07) is 11.6. The van der Waals surface area contributed by atoms with Gasteiger partial charge in [0, 0.05) is 45.8 Å². The van der Waals surface area contributed by atoms with Gasteiger partial charge >= 0.3 is 0 Å². The molecule has 0 spiro atoms. The Morgan fingerprint density at radius 2 is 1.55 bits per heavy atom. The number of hydrogen-bond acceptors (Lipinski definition) is 3. The van der Waals surface area contributed by atoms with Crippen LogP contribution < -0.4 is 5.32 Å². The molecule has 160 valence electrons. The molecule has 0 atom stereocenters. The van der Waals surface area contributed by atoms with E-state index in [2.05, 4.69) is 46.9 Å². The van der Waals surface area contributed by atoms with Crippen LogP contribution in [0, 0.1) is 5.41 Å². The number of Topliss-reactive ketones (excluding diaryl/α,β-unsaturated/α-hetero) is 1. The Morgan fingerprint density at radius 3 is 2.10 bits per heavy atom. The molecule has 0 bridgehead atoms. The van der Waals surface area contributed by atoms with Crippen molar-refractivity contribution < 1.29 is 14.0 Å². The Balaban J connectivity index is 2.01. The van der Waals surface area contributed by atoms with E-state index < -0.39 is 0 Å². The van der Waals surface area contributed by atoms with Gasteiger partial charge in [-0.25, -0.2) is 0 Å². The fourth-order valence-electron chi connectivity index (χ4n) is 4.18. The highest BCUT2D eigenvalue weighted by Crippen LogP contribution is 2.46. The lowest BCUT2D eigenvalue weighted by atomic mass is 9.76. The lowest BCUT2D eigenvalue weighted by Gasteiger charge is -2.26. The molecule has 0 radical (unpaired) electrons. The highest BCUT2D eigenvalue weighted by Gasteiger charge is 2.34. The quantitative estimate of drug-likeness (QED) is 0.491. The monoisotopic (exact) mass is 415 g/mol. The van der Waals surface area contributed by atoms with E-state index in [1.807, 2.05) is 42.5 Å². The molecule has 0 aliphatic heterocycles. The summed E-state index contributed by atoms with van der Waals surface area (Å²) in [7, 11) is 0. The normalized spacial score (nSPS) is 14.0. The number of carbonyl (C=O) groups excluding carboxylic acids is 2. The van der Waals surface area contributed by atoms with Crippen LogP contribution in [-0.4, -0.2) is 11.7 Å². The Bertz CT molecular complexity index is 1240. The fourth-order valence-corrected chi connectivity index (χ4v) is 4.18. The van der Waals surface area contributed by atoms with Gasteiger partial charge in [-0.2, -0.15) is 0 Å². The fraction of sp³-hybridized carbons (Fsp3) is 0.333. The van der Waals surface area contributed by atoms with Gasteiger partial charge in [0.2, 0.25) is 5.91 Å². The van der Waals surface area contributed by atoms with Crippen molar-refractivity contribution in [3.63, 3.8) is 0 Å². The van der Waals surface area contributed by atoms with Crippen molar-refractivity contribution in [1.29, 1.82) is 0 Å². The topological polar surface area (TPSA) is 59.3 Å². The number of furan rings is 1. The van der Waals surface area contributed by atoms with Crippen molar-refractivity contribution in [2.45, 2.75) is 53.9 Å². The Hall–Kier alpha value is -3.14. The summed E-state index contributed by atoms with van der Waals surface area (Å²) < 4.78 is 6.50. The summed E-state index contributed by atoms with van der Waals surface area (Å²) in [5.74, 6) is 0.706. The van der Waals surface area contributed by atoms with Crippen LogP contribution in [0.15, 0.2) is 46.4 Å². The zero-order valence-electron chi connectivity index (χ0n) is 19.3. The number of nitrogens with one attached hydrogen (secondary N) is 1. The molecule has 0 saturated heterocycles. The van der Waals surface area contributed by atoms with E-state index in [1.165, 1.54) is 6.92 Å². The SMILES string of the molecule is CC(=O)Nc1ccc(-c2oc3c(C(C)(C)C)ccc4c3c2C=C(C(C)(C)C)C4=O)cc1. The van der Waals surface area contributed by atoms with E-state index in [0.29, 0.717) is 5.56 Å². The molecule has 0 saturated carbocycles. The molecule has 1 aliphatic carbocycles. The average molecular weight is 416 g/mol. The number of amides is 1. The van der Waals surface area contributed by atoms with Gasteiger partial charge in [0.1, 0.15) is 11.3 Å². The first kappa shape index (κ1) is 21.1. The van der Waals surface area contributed by atoms with E-state index in [-0.39, 0.29) is 22.5 Å². The molecule has 1 aromatic heterocycles. The number of hydrogen-bond donors (Lipinski definition) is 1. The lowest BCUT2D eigenvalue weighted by molar-refractivity contribution is -0.114. The minimum Gasteiger partial charge on any atom is -0.455 e. The molecular formula is C27H29NO3. The van der Waals surface area contributed by atoms with Gasteiger partial charge in [-0.3, -0.25) is 9.59 Å². The van der Waals surface area contributed by atoms with E-state index in [9.17, 15) is 9.59 Å². The Morgan fingerprint density at radius 1 is 0.903 bits per heavy atom. The summed E-state index contributed by atoms with van der Waals surface area (Å²) in [4.78, 5) is 24.7. The number of rotatable bonds is 2. The molecule has 3 aromatic rings. The van der Waals surface area contributed by atoms with Crippen LogP contribution in [0.25, 0.3) is 28.4 Å². The molecule has 0 unspecified atom stereocenters. The van der Waals surface area contributed by atoms with Crippen molar-refractivity contribution in [2.75, 3.05) is 5.32 Å². The second-order valence-electron chi connectivity index (χ2n) is 10.4. The molecule has 4 nitrogen and oxygen atoms in total. The summed E-state index contributed by atoms with van der Waals surface area (Å²) in [5.41, 5.74) is 5.52. The van der Waals surface area contributed by atoms with Gasteiger partial charge in [0.25, 0.3) is 0 Å². The van der Waals surface area contributed by atoms with Gasteiger partial charge in [-0.05, 0) is 47.2 Å². The van der Waals surface area contributed by atoms with Crippen LogP contribution in [0.1, 0.15) is 70.0 Å². The number of carbonyl (C=O) groups is 2. The molecular weight excluding hydrogens is 386 g/mol. The maximum atomic E-state index is 13.4. The second kappa shape index (κ2) is 6.94. The zero-order valence-corrected chi connectivity index (χ0v) is 19.3. The molecule has 1 heterocycles. The van der Waals surface area contributed by atoms with Crippen LogP contribution in [0.5, 0.6) is 0 Å². The van der Waals surface area contributed by atoms with E-state index >= 15 is 0 Å². The van der Waals surface area contributed by atoms with E-state index in [0.717, 1.165) is 44.7 Å². The predicted molar refractivity (Wildman–Crippen MR) is 126 cm³/mol. The third-order valence-electron chi connectivity index (χ3n) is 5.74. The summed E-state index contributed by atoms with van der Waals surface area (Å²) in [5, 5.41) is 3.69. The maximum Gasteiger partial charge on any atom is 0.221 e. The Kier molecular flexibility index (Phi) is 4.73. The van der Waals surface area contributed by atoms with Crippen LogP contribution in [-0.2, 0) is 10.2 Å². The van der Waals surface area contributed by atoms with Crippen molar-refractivity contribution in [1.82, 2.24) is 0 Å². The maximum absolute atomic E-state index is 13.4. The van der Waals surface area contributed by atoms with Crippen molar-refractivity contribution in [2.24, 2.45) is 5.41 Å². The van der Waals surface area contributed by atoms with Crippen molar-refractivity contribution >= 4 is 34.4 Å². The minimum absolute atomic E-state index is 0.0683. The third-order valence-corrected chi connectivity index (χ3v) is 5.74.